The Kier molecular flexibility index (Phi) is 7.53. The van der Waals surface area contributed by atoms with Crippen molar-refractivity contribution < 1.29 is 28.6 Å². The van der Waals surface area contributed by atoms with E-state index in [1.807, 2.05) is 24.3 Å². The average Bonchev–Trinajstić information content (AvgIpc) is 3.23. The number of benzene rings is 3. The highest BCUT2D eigenvalue weighted by Gasteiger charge is 2.35. The Morgan fingerprint density at radius 1 is 0.972 bits per heavy atom. The molecule has 0 radical (unpaired) electrons. The van der Waals surface area contributed by atoms with E-state index in [0.717, 1.165) is 11.1 Å². The summed E-state index contributed by atoms with van der Waals surface area (Å²) in [7, 11) is 3.09. The molecule has 8 nitrogen and oxygen atoms in total. The van der Waals surface area contributed by atoms with Crippen LogP contribution in [0.3, 0.4) is 0 Å². The van der Waals surface area contributed by atoms with Crippen molar-refractivity contribution in [3.63, 3.8) is 0 Å². The number of rotatable bonds is 9. The molecule has 3 aromatic rings. The van der Waals surface area contributed by atoms with Gasteiger partial charge in [-0.2, -0.15) is 0 Å². The second-order valence-corrected chi connectivity index (χ2v) is 8.27. The number of hydrogen-bond donors (Lipinski definition) is 1. The lowest BCUT2D eigenvalue weighted by atomic mass is 10.0. The number of carbonyl (C=O) groups is 3. The van der Waals surface area contributed by atoms with E-state index in [1.54, 1.807) is 68.5 Å². The van der Waals surface area contributed by atoms with E-state index < -0.39 is 12.0 Å². The minimum absolute atomic E-state index is 0.0227. The van der Waals surface area contributed by atoms with Crippen molar-refractivity contribution in [1.29, 1.82) is 0 Å². The summed E-state index contributed by atoms with van der Waals surface area (Å²) >= 11 is 0. The third-order valence-electron chi connectivity index (χ3n) is 6.08. The molecule has 0 unspecified atom stereocenters. The summed E-state index contributed by atoms with van der Waals surface area (Å²) in [6, 6.07) is 18.8. The SMILES string of the molecule is CCOC(=O)c1ccc(NC(=O)C[C@H](c2ccc(OC)c(OC)c2)N2Cc3ccccc3C2=O)cc1. The lowest BCUT2D eigenvalue weighted by Gasteiger charge is -2.28. The lowest BCUT2D eigenvalue weighted by molar-refractivity contribution is -0.117. The van der Waals surface area contributed by atoms with Gasteiger partial charge < -0.3 is 24.4 Å². The first-order valence-electron chi connectivity index (χ1n) is 11.6. The average molecular weight is 489 g/mol. The van der Waals surface area contributed by atoms with Gasteiger partial charge in [0.2, 0.25) is 5.91 Å². The zero-order valence-corrected chi connectivity index (χ0v) is 20.4. The van der Waals surface area contributed by atoms with E-state index >= 15 is 0 Å². The third kappa shape index (κ3) is 5.17. The summed E-state index contributed by atoms with van der Waals surface area (Å²) in [4.78, 5) is 40.0. The normalized spacial score (nSPS) is 13.1. The van der Waals surface area contributed by atoms with Crippen LogP contribution < -0.4 is 14.8 Å². The first-order chi connectivity index (χ1) is 17.4. The van der Waals surface area contributed by atoms with Gasteiger partial charge in [0.15, 0.2) is 11.5 Å². The molecular weight excluding hydrogens is 460 g/mol. The second-order valence-electron chi connectivity index (χ2n) is 8.27. The first kappa shape index (κ1) is 24.8. The predicted octanol–water partition coefficient (Wildman–Crippen LogP) is 4.61. The molecule has 1 N–H and O–H groups in total. The van der Waals surface area contributed by atoms with Crippen molar-refractivity contribution in [1.82, 2.24) is 4.90 Å². The van der Waals surface area contributed by atoms with E-state index in [4.69, 9.17) is 14.2 Å². The molecule has 0 saturated heterocycles. The van der Waals surface area contributed by atoms with E-state index in [0.29, 0.717) is 34.9 Å². The van der Waals surface area contributed by atoms with Gasteiger partial charge in [0.1, 0.15) is 0 Å². The highest BCUT2D eigenvalue weighted by Crippen LogP contribution is 2.37. The maximum atomic E-state index is 13.3. The van der Waals surface area contributed by atoms with Crippen LogP contribution in [0, 0.1) is 0 Å². The second kappa shape index (κ2) is 10.9. The van der Waals surface area contributed by atoms with Crippen LogP contribution in [-0.4, -0.2) is 43.5 Å². The standard InChI is InChI=1S/C28H28N2O6/c1-4-36-28(33)18-9-12-21(13-10-18)29-26(31)16-23(19-11-14-24(34-2)25(15-19)35-3)30-17-20-7-5-6-8-22(20)27(30)32/h5-15,23H,4,16-17H2,1-3H3,(H,29,31)/t23-/m1/s1. The van der Waals surface area contributed by atoms with Gasteiger partial charge in [-0.3, -0.25) is 9.59 Å². The monoisotopic (exact) mass is 488 g/mol. The van der Waals surface area contributed by atoms with Crippen molar-refractivity contribution >= 4 is 23.5 Å². The Balaban J connectivity index is 1.58. The summed E-state index contributed by atoms with van der Waals surface area (Å²) in [6.45, 7) is 2.43. The molecule has 8 heteroatoms. The molecule has 0 spiro atoms. The van der Waals surface area contributed by atoms with Crippen LogP contribution >= 0.6 is 0 Å². The van der Waals surface area contributed by atoms with Gasteiger partial charge in [-0.05, 0) is 60.5 Å². The summed E-state index contributed by atoms with van der Waals surface area (Å²) in [5.74, 6) is 0.247. The predicted molar refractivity (Wildman–Crippen MR) is 134 cm³/mol. The fourth-order valence-corrected chi connectivity index (χ4v) is 4.29. The van der Waals surface area contributed by atoms with E-state index in [2.05, 4.69) is 5.32 Å². The van der Waals surface area contributed by atoms with Crippen molar-refractivity contribution in [2.75, 3.05) is 26.1 Å². The lowest BCUT2D eigenvalue weighted by Crippen LogP contribution is -2.32. The largest absolute Gasteiger partial charge is 0.493 e. The van der Waals surface area contributed by atoms with E-state index in [1.165, 1.54) is 0 Å². The maximum Gasteiger partial charge on any atom is 0.338 e. The fraction of sp³-hybridized carbons (Fsp3) is 0.250. The molecule has 1 aliphatic rings. The number of nitrogens with zero attached hydrogens (tertiary/aromatic N) is 1. The van der Waals surface area contributed by atoms with Gasteiger partial charge >= 0.3 is 5.97 Å². The summed E-state index contributed by atoms with van der Waals surface area (Å²) in [5.41, 5.74) is 3.25. The molecule has 0 aliphatic carbocycles. The molecule has 3 aromatic carbocycles. The van der Waals surface area contributed by atoms with Gasteiger partial charge in [-0.15, -0.1) is 0 Å². The van der Waals surface area contributed by atoms with Gasteiger partial charge in [0.05, 0.1) is 38.9 Å². The van der Waals surface area contributed by atoms with Crippen LogP contribution in [0.5, 0.6) is 11.5 Å². The molecule has 0 aromatic heterocycles. The molecular formula is C28H28N2O6. The number of ether oxygens (including phenoxy) is 3. The molecule has 2 amide bonds. The van der Waals surface area contributed by atoms with Crippen LogP contribution in [0.4, 0.5) is 5.69 Å². The Labute approximate surface area is 209 Å². The minimum atomic E-state index is -0.538. The molecule has 1 aliphatic heterocycles. The molecule has 0 bridgehead atoms. The van der Waals surface area contributed by atoms with Gasteiger partial charge in [-0.1, -0.05) is 24.3 Å². The highest BCUT2D eigenvalue weighted by molar-refractivity contribution is 5.99. The Morgan fingerprint density at radius 3 is 2.36 bits per heavy atom. The van der Waals surface area contributed by atoms with Gasteiger partial charge in [0.25, 0.3) is 5.91 Å². The summed E-state index contributed by atoms with van der Waals surface area (Å²) in [6.07, 6.45) is 0.0227. The number of nitrogens with one attached hydrogen (secondary N) is 1. The molecule has 4 rings (SSSR count). The topological polar surface area (TPSA) is 94.2 Å². The van der Waals surface area contributed by atoms with Crippen LogP contribution in [0.15, 0.2) is 66.7 Å². The maximum absolute atomic E-state index is 13.3. The summed E-state index contributed by atoms with van der Waals surface area (Å²) in [5, 5.41) is 2.87. The third-order valence-corrected chi connectivity index (χ3v) is 6.08. The number of amides is 2. The van der Waals surface area contributed by atoms with Crippen LogP contribution in [0.25, 0.3) is 0 Å². The van der Waals surface area contributed by atoms with Crippen LogP contribution in [-0.2, 0) is 16.1 Å². The summed E-state index contributed by atoms with van der Waals surface area (Å²) < 4.78 is 15.8. The van der Waals surface area contributed by atoms with Crippen LogP contribution in [0.2, 0.25) is 0 Å². The number of carbonyl (C=O) groups excluding carboxylic acids is 3. The van der Waals surface area contributed by atoms with Crippen molar-refractivity contribution in [2.45, 2.75) is 25.9 Å². The Morgan fingerprint density at radius 2 is 1.69 bits per heavy atom. The molecule has 36 heavy (non-hydrogen) atoms. The minimum Gasteiger partial charge on any atom is -0.493 e. The highest BCUT2D eigenvalue weighted by atomic mass is 16.5. The van der Waals surface area contributed by atoms with Gasteiger partial charge in [-0.25, -0.2) is 4.79 Å². The Bertz CT molecular complexity index is 1270. The molecule has 1 atom stereocenters. The number of anilines is 1. The number of fused-ring (bicyclic) bond motifs is 1. The van der Waals surface area contributed by atoms with E-state index in [-0.39, 0.29) is 24.8 Å². The van der Waals surface area contributed by atoms with E-state index in [9.17, 15) is 14.4 Å². The molecule has 0 saturated carbocycles. The quantitative estimate of drug-likeness (QED) is 0.442. The number of hydrogen-bond acceptors (Lipinski definition) is 6. The zero-order valence-electron chi connectivity index (χ0n) is 20.4. The van der Waals surface area contributed by atoms with Crippen molar-refractivity contribution in [3.05, 3.63) is 89.0 Å². The van der Waals surface area contributed by atoms with Gasteiger partial charge in [0, 0.05) is 17.8 Å². The molecule has 186 valence electrons. The zero-order chi connectivity index (χ0) is 25.7. The Hall–Kier alpha value is -4.33. The number of methoxy groups -OCH3 is 2. The van der Waals surface area contributed by atoms with Crippen molar-refractivity contribution in [3.8, 4) is 11.5 Å². The first-order valence-corrected chi connectivity index (χ1v) is 11.6. The van der Waals surface area contributed by atoms with Crippen LogP contribution in [0.1, 0.15) is 51.2 Å². The fourth-order valence-electron chi connectivity index (χ4n) is 4.29. The molecule has 0 fully saturated rings. The number of esters is 1. The van der Waals surface area contributed by atoms with Crippen molar-refractivity contribution in [2.24, 2.45) is 0 Å². The smallest absolute Gasteiger partial charge is 0.338 e. The molecule has 1 heterocycles.